The molecule has 10 heteroatoms. The Bertz CT molecular complexity index is 1210. The van der Waals surface area contributed by atoms with Crippen LogP contribution in [0, 0.1) is 0 Å². The van der Waals surface area contributed by atoms with E-state index in [1.165, 1.54) is 4.31 Å². The SMILES string of the molecule is CCc1ccccc1S(=O)(=O)N1Cc2c(-c3nc(C4CCOCC4)no3)nn(C)c2C1. The van der Waals surface area contributed by atoms with Gasteiger partial charge in [-0.05, 0) is 30.9 Å². The average molecular weight is 444 g/mol. The third-order valence-corrected chi connectivity index (χ3v) is 8.03. The van der Waals surface area contributed by atoms with E-state index in [9.17, 15) is 8.42 Å². The van der Waals surface area contributed by atoms with Crippen LogP contribution in [-0.2, 0) is 41.3 Å². The molecule has 164 valence electrons. The fourth-order valence-corrected chi connectivity index (χ4v) is 6.01. The summed E-state index contributed by atoms with van der Waals surface area (Å²) in [5.74, 6) is 1.22. The number of nitrogens with zero attached hydrogens (tertiary/aromatic N) is 5. The second-order valence-electron chi connectivity index (χ2n) is 7.98. The summed E-state index contributed by atoms with van der Waals surface area (Å²) < 4.78 is 40.9. The van der Waals surface area contributed by atoms with Crippen LogP contribution in [-0.4, -0.2) is 45.9 Å². The summed E-state index contributed by atoms with van der Waals surface area (Å²) in [5.41, 5.74) is 3.04. The normalized spacial score (nSPS) is 17.9. The maximum absolute atomic E-state index is 13.4. The van der Waals surface area contributed by atoms with E-state index < -0.39 is 10.0 Å². The van der Waals surface area contributed by atoms with Crippen LogP contribution in [0.15, 0.2) is 33.7 Å². The topological polar surface area (TPSA) is 103 Å². The van der Waals surface area contributed by atoms with Gasteiger partial charge in [-0.1, -0.05) is 30.3 Å². The van der Waals surface area contributed by atoms with E-state index in [1.807, 2.05) is 26.1 Å². The summed E-state index contributed by atoms with van der Waals surface area (Å²) >= 11 is 0. The van der Waals surface area contributed by atoms with Crippen molar-refractivity contribution in [2.75, 3.05) is 13.2 Å². The van der Waals surface area contributed by atoms with Gasteiger partial charge in [0.15, 0.2) is 11.5 Å². The number of hydrogen-bond acceptors (Lipinski definition) is 7. The molecule has 0 aliphatic carbocycles. The van der Waals surface area contributed by atoms with Gasteiger partial charge in [0.1, 0.15) is 0 Å². The van der Waals surface area contributed by atoms with Crippen molar-refractivity contribution < 1.29 is 17.7 Å². The standard InChI is InChI=1S/C21H25N5O4S/c1-3-14-6-4-5-7-18(14)31(27,28)26-12-16-17(13-26)25(2)23-19(16)21-22-20(24-30-21)15-8-10-29-11-9-15/h4-7,15H,3,8-13H2,1-2H3. The maximum Gasteiger partial charge on any atom is 0.278 e. The Balaban J connectivity index is 1.45. The van der Waals surface area contributed by atoms with E-state index in [1.54, 1.807) is 16.8 Å². The van der Waals surface area contributed by atoms with Gasteiger partial charge in [-0.25, -0.2) is 8.42 Å². The van der Waals surface area contributed by atoms with Gasteiger partial charge >= 0.3 is 0 Å². The molecule has 4 heterocycles. The van der Waals surface area contributed by atoms with Crippen molar-refractivity contribution in [2.24, 2.45) is 7.05 Å². The summed E-state index contributed by atoms with van der Waals surface area (Å²) in [7, 11) is -1.82. The molecule has 0 bridgehead atoms. The van der Waals surface area contributed by atoms with E-state index >= 15 is 0 Å². The zero-order valence-corrected chi connectivity index (χ0v) is 18.4. The molecule has 9 nitrogen and oxygen atoms in total. The minimum absolute atomic E-state index is 0.213. The van der Waals surface area contributed by atoms with Gasteiger partial charge in [0, 0.05) is 38.3 Å². The monoisotopic (exact) mass is 443 g/mol. The van der Waals surface area contributed by atoms with Crippen LogP contribution >= 0.6 is 0 Å². The van der Waals surface area contributed by atoms with Crippen molar-refractivity contribution in [1.82, 2.24) is 24.2 Å². The maximum atomic E-state index is 13.4. The first-order chi connectivity index (χ1) is 15.0. The molecule has 0 N–H and O–H groups in total. The molecule has 31 heavy (non-hydrogen) atoms. The molecule has 0 unspecified atom stereocenters. The van der Waals surface area contributed by atoms with E-state index in [-0.39, 0.29) is 19.0 Å². The lowest BCUT2D eigenvalue weighted by Gasteiger charge is -2.18. The Labute approximate surface area is 181 Å². The molecule has 0 radical (unpaired) electrons. The van der Waals surface area contributed by atoms with Crippen LogP contribution in [0.25, 0.3) is 11.6 Å². The van der Waals surface area contributed by atoms with Gasteiger partial charge in [0.05, 0.1) is 17.1 Å². The molecular weight excluding hydrogens is 418 g/mol. The van der Waals surface area contributed by atoms with E-state index in [4.69, 9.17) is 9.26 Å². The summed E-state index contributed by atoms with van der Waals surface area (Å²) in [6.07, 6.45) is 2.38. The predicted molar refractivity (Wildman–Crippen MR) is 112 cm³/mol. The van der Waals surface area contributed by atoms with Gasteiger partial charge in [0.2, 0.25) is 10.0 Å². The number of hydrogen-bond donors (Lipinski definition) is 0. The van der Waals surface area contributed by atoms with Crippen molar-refractivity contribution in [3.63, 3.8) is 0 Å². The fraction of sp³-hybridized carbons (Fsp3) is 0.476. The third kappa shape index (κ3) is 3.48. The Morgan fingerprint density at radius 2 is 1.94 bits per heavy atom. The van der Waals surface area contributed by atoms with Crippen LogP contribution in [0.5, 0.6) is 0 Å². The zero-order chi connectivity index (χ0) is 21.6. The van der Waals surface area contributed by atoms with Crippen LogP contribution in [0.2, 0.25) is 0 Å². The van der Waals surface area contributed by atoms with Gasteiger partial charge in [-0.3, -0.25) is 4.68 Å². The highest BCUT2D eigenvalue weighted by atomic mass is 32.2. The highest BCUT2D eigenvalue weighted by Crippen LogP contribution is 2.36. The van der Waals surface area contributed by atoms with Gasteiger partial charge in [0.25, 0.3) is 5.89 Å². The Hall–Kier alpha value is -2.56. The predicted octanol–water partition coefficient (Wildman–Crippen LogP) is 2.63. The summed E-state index contributed by atoms with van der Waals surface area (Å²) in [6.45, 7) is 3.84. The smallest absolute Gasteiger partial charge is 0.278 e. The largest absolute Gasteiger partial charge is 0.381 e. The molecule has 1 fully saturated rings. The lowest BCUT2D eigenvalue weighted by Crippen LogP contribution is -2.27. The second-order valence-corrected chi connectivity index (χ2v) is 9.88. The molecule has 1 aromatic carbocycles. The first-order valence-corrected chi connectivity index (χ1v) is 12.0. The zero-order valence-electron chi connectivity index (χ0n) is 17.6. The van der Waals surface area contributed by atoms with Crippen LogP contribution in [0.3, 0.4) is 0 Å². The molecule has 0 saturated carbocycles. The van der Waals surface area contributed by atoms with Crippen LogP contribution in [0.4, 0.5) is 0 Å². The van der Waals surface area contributed by atoms with Gasteiger partial charge in [-0.15, -0.1) is 0 Å². The van der Waals surface area contributed by atoms with Gasteiger partial charge < -0.3 is 9.26 Å². The number of fused-ring (bicyclic) bond motifs is 1. The summed E-state index contributed by atoms with van der Waals surface area (Å²) in [5, 5.41) is 8.72. The molecule has 2 aliphatic rings. The Morgan fingerprint density at radius 1 is 1.16 bits per heavy atom. The van der Waals surface area contributed by atoms with E-state index in [2.05, 4.69) is 15.2 Å². The number of benzene rings is 1. The average Bonchev–Trinajstić information content (AvgIpc) is 3.51. The molecule has 5 rings (SSSR count). The third-order valence-electron chi connectivity index (χ3n) is 6.14. The number of aryl methyl sites for hydroxylation is 2. The highest BCUT2D eigenvalue weighted by molar-refractivity contribution is 7.89. The Morgan fingerprint density at radius 3 is 2.71 bits per heavy atom. The van der Waals surface area contributed by atoms with E-state index in [0.29, 0.717) is 41.9 Å². The lowest BCUT2D eigenvalue weighted by atomic mass is 10.00. The Kier molecular flexibility index (Phi) is 5.15. The summed E-state index contributed by atoms with van der Waals surface area (Å²) in [6, 6.07) is 7.16. The molecule has 0 amide bonds. The molecule has 0 atom stereocenters. The van der Waals surface area contributed by atoms with Crippen LogP contribution < -0.4 is 0 Å². The fourth-order valence-electron chi connectivity index (χ4n) is 4.35. The van der Waals surface area contributed by atoms with Crippen molar-refractivity contribution in [3.05, 3.63) is 46.9 Å². The quantitative estimate of drug-likeness (QED) is 0.597. The highest BCUT2D eigenvalue weighted by Gasteiger charge is 2.37. The number of aromatic nitrogens is 4. The van der Waals surface area contributed by atoms with Crippen LogP contribution in [0.1, 0.15) is 48.3 Å². The minimum atomic E-state index is -3.63. The number of ether oxygens (including phenoxy) is 1. The molecule has 1 saturated heterocycles. The van der Waals surface area contributed by atoms with Crippen molar-refractivity contribution in [2.45, 2.75) is 50.1 Å². The molecular formula is C21H25N5O4S. The molecule has 2 aliphatic heterocycles. The summed E-state index contributed by atoms with van der Waals surface area (Å²) in [4.78, 5) is 4.95. The second kappa shape index (κ2) is 7.85. The van der Waals surface area contributed by atoms with Crippen molar-refractivity contribution in [1.29, 1.82) is 0 Å². The van der Waals surface area contributed by atoms with Crippen molar-refractivity contribution >= 4 is 10.0 Å². The first-order valence-electron chi connectivity index (χ1n) is 10.5. The number of sulfonamides is 1. The number of rotatable bonds is 5. The van der Waals surface area contributed by atoms with Gasteiger partial charge in [-0.2, -0.15) is 14.4 Å². The van der Waals surface area contributed by atoms with Crippen molar-refractivity contribution in [3.8, 4) is 11.6 Å². The molecule has 3 aromatic rings. The molecule has 2 aromatic heterocycles. The lowest BCUT2D eigenvalue weighted by molar-refractivity contribution is 0.0830. The van der Waals surface area contributed by atoms with E-state index in [0.717, 1.165) is 29.7 Å². The minimum Gasteiger partial charge on any atom is -0.381 e. The molecule has 0 spiro atoms. The first kappa shape index (κ1) is 20.3.